The maximum absolute atomic E-state index is 12.2. The molecule has 2 rings (SSSR count). The molecule has 1 aromatic rings. The van der Waals surface area contributed by atoms with E-state index in [0.29, 0.717) is 18.1 Å². The van der Waals surface area contributed by atoms with E-state index in [-0.39, 0.29) is 10.7 Å². The number of hydrogen-bond donors (Lipinski definition) is 2. The molecular formula is C18H28N2O2S. The fourth-order valence-corrected chi connectivity index (χ4v) is 3.54. The van der Waals surface area contributed by atoms with Gasteiger partial charge in [0.05, 0.1) is 0 Å². The smallest absolute Gasteiger partial charge is 0.224 e. The van der Waals surface area contributed by atoms with E-state index in [2.05, 4.69) is 10.6 Å². The molecule has 0 saturated carbocycles. The fourth-order valence-electron chi connectivity index (χ4n) is 2.63. The number of carbonyl (C=O) groups is 1. The highest BCUT2D eigenvalue weighted by Gasteiger charge is 2.20. The van der Waals surface area contributed by atoms with Crippen molar-refractivity contribution in [2.75, 3.05) is 18.4 Å². The number of nitrogens with one attached hydrogen (secondary N) is 2. The van der Waals surface area contributed by atoms with E-state index < -0.39 is 10.8 Å². The Morgan fingerprint density at radius 1 is 1.39 bits per heavy atom. The maximum Gasteiger partial charge on any atom is 0.224 e. The van der Waals surface area contributed by atoms with Crippen LogP contribution in [0.3, 0.4) is 0 Å². The van der Waals surface area contributed by atoms with Gasteiger partial charge in [-0.3, -0.25) is 9.00 Å². The zero-order chi connectivity index (χ0) is 16.9. The molecule has 1 fully saturated rings. The second-order valence-electron chi connectivity index (χ2n) is 7.25. The van der Waals surface area contributed by atoms with Gasteiger partial charge in [-0.25, -0.2) is 0 Å². The molecule has 0 aliphatic carbocycles. The van der Waals surface area contributed by atoms with Crippen LogP contribution in [0.4, 0.5) is 5.69 Å². The minimum absolute atomic E-state index is 0.0611. The molecule has 1 aliphatic heterocycles. The Morgan fingerprint density at radius 3 is 2.83 bits per heavy atom. The van der Waals surface area contributed by atoms with Gasteiger partial charge in [-0.2, -0.15) is 0 Å². The first kappa shape index (κ1) is 18.1. The molecule has 128 valence electrons. The van der Waals surface area contributed by atoms with Crippen LogP contribution in [0.15, 0.2) is 24.3 Å². The Bertz CT molecular complexity index is 560. The third kappa shape index (κ3) is 6.07. The quantitative estimate of drug-likeness (QED) is 0.839. The maximum atomic E-state index is 12.2. The summed E-state index contributed by atoms with van der Waals surface area (Å²) in [5.74, 6) is 1.20. The SMILES string of the molecule is CC(C)(C)S(=O)Cc1cccc(NC(=O)CCC2CCNC2)c1. The van der Waals surface area contributed by atoms with Crippen LogP contribution in [-0.4, -0.2) is 28.0 Å². The third-order valence-corrected chi connectivity index (χ3v) is 6.10. The highest BCUT2D eigenvalue weighted by molar-refractivity contribution is 7.85. The van der Waals surface area contributed by atoms with Crippen molar-refractivity contribution < 1.29 is 9.00 Å². The Hall–Kier alpha value is -1.20. The van der Waals surface area contributed by atoms with Gasteiger partial charge in [0.25, 0.3) is 0 Å². The molecule has 5 heteroatoms. The van der Waals surface area contributed by atoms with E-state index in [0.717, 1.165) is 30.8 Å². The number of amides is 1. The lowest BCUT2D eigenvalue weighted by molar-refractivity contribution is -0.116. The lowest BCUT2D eigenvalue weighted by atomic mass is 10.0. The van der Waals surface area contributed by atoms with Crippen molar-refractivity contribution in [2.45, 2.75) is 50.5 Å². The van der Waals surface area contributed by atoms with Gasteiger partial charge in [0, 0.05) is 33.4 Å². The van der Waals surface area contributed by atoms with Gasteiger partial charge >= 0.3 is 0 Å². The predicted molar refractivity (Wildman–Crippen MR) is 96.9 cm³/mol. The Balaban J connectivity index is 1.86. The first-order chi connectivity index (χ1) is 10.8. The zero-order valence-electron chi connectivity index (χ0n) is 14.4. The Morgan fingerprint density at radius 2 is 2.17 bits per heavy atom. The standard InChI is InChI=1S/C18H28N2O2S/c1-18(2,3)23(22)13-15-5-4-6-16(11-15)20-17(21)8-7-14-9-10-19-12-14/h4-6,11,14,19H,7-10,12-13H2,1-3H3,(H,20,21). The van der Waals surface area contributed by atoms with Crippen molar-refractivity contribution in [1.82, 2.24) is 5.32 Å². The lowest BCUT2D eigenvalue weighted by Crippen LogP contribution is -2.23. The monoisotopic (exact) mass is 336 g/mol. The van der Waals surface area contributed by atoms with Crippen LogP contribution >= 0.6 is 0 Å². The van der Waals surface area contributed by atoms with Crippen molar-refractivity contribution in [3.63, 3.8) is 0 Å². The van der Waals surface area contributed by atoms with E-state index in [1.807, 2.05) is 45.0 Å². The van der Waals surface area contributed by atoms with Crippen LogP contribution in [0.1, 0.15) is 45.6 Å². The summed E-state index contributed by atoms with van der Waals surface area (Å²) in [6, 6.07) is 7.69. The van der Waals surface area contributed by atoms with Crippen molar-refractivity contribution in [1.29, 1.82) is 0 Å². The number of benzene rings is 1. The molecule has 2 N–H and O–H groups in total. The van der Waals surface area contributed by atoms with Gasteiger partial charge in [0.15, 0.2) is 0 Å². The number of rotatable bonds is 6. The van der Waals surface area contributed by atoms with Gasteiger partial charge in [-0.15, -0.1) is 0 Å². The third-order valence-electron chi connectivity index (χ3n) is 4.13. The van der Waals surface area contributed by atoms with Gasteiger partial charge in [-0.1, -0.05) is 12.1 Å². The second kappa shape index (κ2) is 8.06. The Labute approximate surface area is 141 Å². The molecule has 1 aromatic carbocycles. The average molecular weight is 337 g/mol. The van der Waals surface area contributed by atoms with Crippen LogP contribution in [-0.2, 0) is 21.3 Å². The molecule has 0 spiro atoms. The van der Waals surface area contributed by atoms with Crippen molar-refractivity contribution >= 4 is 22.4 Å². The van der Waals surface area contributed by atoms with Crippen molar-refractivity contribution in [3.8, 4) is 0 Å². The van der Waals surface area contributed by atoms with Crippen LogP contribution in [0.25, 0.3) is 0 Å². The second-order valence-corrected chi connectivity index (χ2v) is 9.45. The van der Waals surface area contributed by atoms with E-state index in [1.54, 1.807) is 0 Å². The van der Waals surface area contributed by atoms with E-state index >= 15 is 0 Å². The summed E-state index contributed by atoms with van der Waals surface area (Å²) >= 11 is 0. The largest absolute Gasteiger partial charge is 0.326 e. The molecular weight excluding hydrogens is 308 g/mol. The highest BCUT2D eigenvalue weighted by Crippen LogP contribution is 2.19. The van der Waals surface area contributed by atoms with Gasteiger partial charge in [0.2, 0.25) is 5.91 Å². The number of anilines is 1. The molecule has 0 aromatic heterocycles. The normalized spacial score (nSPS) is 19.5. The first-order valence-electron chi connectivity index (χ1n) is 8.32. The molecule has 0 radical (unpaired) electrons. The molecule has 0 bridgehead atoms. The molecule has 4 nitrogen and oxygen atoms in total. The summed E-state index contributed by atoms with van der Waals surface area (Å²) in [5, 5.41) is 6.28. The van der Waals surface area contributed by atoms with Gasteiger partial charge in [-0.05, 0) is 70.3 Å². The van der Waals surface area contributed by atoms with Crippen LogP contribution in [0, 0.1) is 5.92 Å². The Kier molecular flexibility index (Phi) is 6.36. The summed E-state index contributed by atoms with van der Waals surface area (Å²) in [6.07, 6.45) is 2.67. The molecule has 23 heavy (non-hydrogen) atoms. The summed E-state index contributed by atoms with van der Waals surface area (Å²) < 4.78 is 12.0. The van der Waals surface area contributed by atoms with Crippen molar-refractivity contribution in [3.05, 3.63) is 29.8 Å². The predicted octanol–water partition coefficient (Wildman–Crippen LogP) is 3.06. The average Bonchev–Trinajstić information content (AvgIpc) is 2.98. The van der Waals surface area contributed by atoms with Gasteiger partial charge < -0.3 is 10.6 Å². The van der Waals surface area contributed by atoms with E-state index in [4.69, 9.17) is 0 Å². The molecule has 1 heterocycles. The summed E-state index contributed by atoms with van der Waals surface area (Å²) in [5.41, 5.74) is 1.79. The van der Waals surface area contributed by atoms with Crippen molar-refractivity contribution in [2.24, 2.45) is 5.92 Å². The summed E-state index contributed by atoms with van der Waals surface area (Å²) in [7, 11) is -0.934. The molecule has 2 atom stereocenters. The zero-order valence-corrected chi connectivity index (χ0v) is 15.2. The minimum Gasteiger partial charge on any atom is -0.326 e. The summed E-state index contributed by atoms with van der Waals surface area (Å²) in [6.45, 7) is 8.03. The molecule has 1 amide bonds. The van der Waals surface area contributed by atoms with Crippen LogP contribution in [0.5, 0.6) is 0 Å². The lowest BCUT2D eigenvalue weighted by Gasteiger charge is -2.18. The number of carbonyl (C=O) groups excluding carboxylic acids is 1. The first-order valence-corrected chi connectivity index (χ1v) is 9.64. The molecule has 1 aliphatic rings. The molecule has 1 saturated heterocycles. The van der Waals surface area contributed by atoms with Crippen LogP contribution < -0.4 is 10.6 Å². The highest BCUT2D eigenvalue weighted by atomic mass is 32.2. The minimum atomic E-state index is -0.934. The van der Waals surface area contributed by atoms with E-state index in [1.165, 1.54) is 6.42 Å². The molecule has 2 unspecified atom stereocenters. The summed E-state index contributed by atoms with van der Waals surface area (Å²) in [4.78, 5) is 12.1. The van der Waals surface area contributed by atoms with E-state index in [9.17, 15) is 9.00 Å². The van der Waals surface area contributed by atoms with Gasteiger partial charge in [0.1, 0.15) is 0 Å². The fraction of sp³-hybridized carbons (Fsp3) is 0.611. The number of hydrogen-bond acceptors (Lipinski definition) is 3. The topological polar surface area (TPSA) is 58.2 Å². The van der Waals surface area contributed by atoms with Crippen LogP contribution in [0.2, 0.25) is 0 Å².